The first-order chi connectivity index (χ1) is 15.4. The van der Waals surface area contributed by atoms with Crippen molar-refractivity contribution in [2.24, 2.45) is 16.3 Å². The molecule has 0 radical (unpaired) electrons. The number of hydrogen-bond acceptors (Lipinski definition) is 9. The number of amidine groups is 1. The number of pyridine rings is 2. The van der Waals surface area contributed by atoms with Gasteiger partial charge in [-0.05, 0) is 37.3 Å². The number of nitrogens with zero attached hydrogens (tertiary/aromatic N) is 5. The number of rotatable bonds is 11. The van der Waals surface area contributed by atoms with E-state index in [-0.39, 0.29) is 5.41 Å². The van der Waals surface area contributed by atoms with Crippen molar-refractivity contribution < 1.29 is 4.74 Å². The number of nitrogen functional groups attached to an aromatic ring is 1. The van der Waals surface area contributed by atoms with E-state index >= 15 is 0 Å². The van der Waals surface area contributed by atoms with Crippen molar-refractivity contribution in [2.75, 3.05) is 42.8 Å². The summed E-state index contributed by atoms with van der Waals surface area (Å²) in [5.74, 6) is 1.57. The van der Waals surface area contributed by atoms with E-state index in [4.69, 9.17) is 16.2 Å². The molecule has 174 valence electrons. The molecule has 0 aromatic carbocycles. The lowest BCUT2D eigenvalue weighted by molar-refractivity contribution is 0.204. The van der Waals surface area contributed by atoms with E-state index < -0.39 is 0 Å². The van der Waals surface area contributed by atoms with Gasteiger partial charge in [0, 0.05) is 68.4 Å². The Kier molecular flexibility index (Phi) is 8.40. The molecule has 0 saturated carbocycles. The van der Waals surface area contributed by atoms with Gasteiger partial charge in [-0.25, -0.2) is 14.3 Å². The highest BCUT2D eigenvalue weighted by atomic mass is 32.2. The number of anilines is 2. The average molecular weight is 459 g/mol. The van der Waals surface area contributed by atoms with E-state index in [9.17, 15) is 0 Å². The molecule has 0 unspecified atom stereocenters. The van der Waals surface area contributed by atoms with Crippen LogP contribution >= 0.6 is 12.1 Å². The van der Waals surface area contributed by atoms with Crippen molar-refractivity contribution in [3.05, 3.63) is 42.2 Å². The normalized spacial score (nSPS) is 15.2. The van der Waals surface area contributed by atoms with Gasteiger partial charge in [0.1, 0.15) is 5.82 Å². The molecule has 1 saturated heterocycles. The third-order valence-corrected chi connectivity index (χ3v) is 6.46. The first kappa shape index (κ1) is 23.9. The van der Waals surface area contributed by atoms with Crippen molar-refractivity contribution >= 4 is 29.5 Å². The Balaban J connectivity index is 1.39. The van der Waals surface area contributed by atoms with Gasteiger partial charge in [0.2, 0.25) is 5.88 Å². The summed E-state index contributed by atoms with van der Waals surface area (Å²) in [5, 5.41) is 4.06. The van der Waals surface area contributed by atoms with Crippen LogP contribution in [0.5, 0.6) is 5.88 Å². The number of ether oxygens (including phenoxy) is 1. The van der Waals surface area contributed by atoms with Crippen LogP contribution in [-0.2, 0) is 0 Å². The molecule has 10 heteroatoms. The molecular formula is C22H34N8OS. The molecule has 9 nitrogen and oxygen atoms in total. The van der Waals surface area contributed by atoms with Crippen LogP contribution in [0.1, 0.15) is 39.2 Å². The highest BCUT2D eigenvalue weighted by molar-refractivity contribution is 7.98. The maximum Gasteiger partial charge on any atom is 0.213 e. The Bertz CT molecular complexity index is 890. The fraction of sp³-hybridized carbons (Fsp3) is 0.500. The summed E-state index contributed by atoms with van der Waals surface area (Å²) in [6.45, 7) is 10.9. The van der Waals surface area contributed by atoms with Crippen LogP contribution in [0.3, 0.4) is 0 Å². The number of nitrogens with one attached hydrogen (secondary N) is 1. The lowest BCUT2D eigenvalue weighted by Crippen LogP contribution is -2.23. The molecule has 0 bridgehead atoms. The van der Waals surface area contributed by atoms with Crippen LogP contribution < -0.4 is 25.9 Å². The minimum absolute atomic E-state index is 0.165. The van der Waals surface area contributed by atoms with Crippen LogP contribution in [0.25, 0.3) is 0 Å². The van der Waals surface area contributed by atoms with Gasteiger partial charge in [0.25, 0.3) is 0 Å². The molecule has 0 amide bonds. The van der Waals surface area contributed by atoms with Crippen molar-refractivity contribution in [1.29, 1.82) is 0 Å². The average Bonchev–Trinajstić information content (AvgIpc) is 3.26. The van der Waals surface area contributed by atoms with Crippen LogP contribution in [0.15, 0.2) is 41.8 Å². The van der Waals surface area contributed by atoms with E-state index in [1.54, 1.807) is 24.5 Å². The topological polar surface area (TPSA) is 118 Å². The minimum Gasteiger partial charge on any atom is -0.478 e. The highest BCUT2D eigenvalue weighted by Crippen LogP contribution is 2.33. The van der Waals surface area contributed by atoms with Crippen LogP contribution in [0.4, 0.5) is 11.5 Å². The van der Waals surface area contributed by atoms with Crippen LogP contribution in [-0.4, -0.2) is 52.9 Å². The summed E-state index contributed by atoms with van der Waals surface area (Å²) in [5.41, 5.74) is 16.6. The predicted molar refractivity (Wildman–Crippen MR) is 132 cm³/mol. The number of hydrogen-bond donors (Lipinski definition) is 3. The Morgan fingerprint density at radius 2 is 2.09 bits per heavy atom. The van der Waals surface area contributed by atoms with E-state index in [1.165, 1.54) is 0 Å². The Morgan fingerprint density at radius 3 is 2.81 bits per heavy atom. The quantitative estimate of drug-likeness (QED) is 0.202. The van der Waals surface area contributed by atoms with Crippen molar-refractivity contribution in [1.82, 2.24) is 19.7 Å². The molecule has 3 heterocycles. The summed E-state index contributed by atoms with van der Waals surface area (Å²) >= 11 is 1.76. The standard InChI is InChI=1S/C22H34N8OS/c1-4-27-28-21(24)17-5-6-20(26-16-17)31-14-9-22(2,3)8-11-29-12-13-30(32-29)18-7-10-25-19(23)15-18/h5-7,10,15-16,27H,4,8-9,11-14H2,1-3H3,(H2,23,25)(H2,24,28). The molecule has 1 aliphatic heterocycles. The van der Waals surface area contributed by atoms with E-state index in [2.05, 4.69) is 43.0 Å². The molecule has 0 spiro atoms. The lowest BCUT2D eigenvalue weighted by atomic mass is 9.86. The Hall–Kier alpha value is -2.72. The van der Waals surface area contributed by atoms with Crippen LogP contribution in [0, 0.1) is 5.41 Å². The third kappa shape index (κ3) is 7.16. The monoisotopic (exact) mass is 458 g/mol. The summed E-state index contributed by atoms with van der Waals surface area (Å²) in [7, 11) is 0. The van der Waals surface area contributed by atoms with Gasteiger partial charge in [-0.3, -0.25) is 0 Å². The van der Waals surface area contributed by atoms with Crippen LogP contribution in [0.2, 0.25) is 0 Å². The summed E-state index contributed by atoms with van der Waals surface area (Å²) in [6, 6.07) is 7.62. The van der Waals surface area contributed by atoms with Gasteiger partial charge in [0.05, 0.1) is 12.3 Å². The first-order valence-corrected chi connectivity index (χ1v) is 11.7. The van der Waals surface area contributed by atoms with Gasteiger partial charge in [-0.1, -0.05) is 13.8 Å². The molecule has 3 rings (SSSR count). The molecule has 0 aliphatic carbocycles. The molecule has 5 N–H and O–H groups in total. The third-order valence-electron chi connectivity index (χ3n) is 5.28. The molecule has 2 aromatic rings. The maximum atomic E-state index is 5.91. The second-order valence-electron chi connectivity index (χ2n) is 8.46. The van der Waals surface area contributed by atoms with E-state index in [1.807, 2.05) is 31.2 Å². The summed E-state index contributed by atoms with van der Waals surface area (Å²) < 4.78 is 10.5. The predicted octanol–water partition coefficient (Wildman–Crippen LogP) is 2.86. The second kappa shape index (κ2) is 11.2. The van der Waals surface area contributed by atoms with Gasteiger partial charge < -0.3 is 25.9 Å². The van der Waals surface area contributed by atoms with Gasteiger partial charge in [0.15, 0.2) is 5.84 Å². The van der Waals surface area contributed by atoms with Gasteiger partial charge >= 0.3 is 0 Å². The van der Waals surface area contributed by atoms with Gasteiger partial charge in [-0.2, -0.15) is 5.10 Å². The zero-order valence-electron chi connectivity index (χ0n) is 19.1. The van der Waals surface area contributed by atoms with E-state index in [0.29, 0.717) is 24.1 Å². The number of nitrogens with two attached hydrogens (primary N) is 2. The highest BCUT2D eigenvalue weighted by Gasteiger charge is 2.25. The van der Waals surface area contributed by atoms with E-state index in [0.717, 1.165) is 50.3 Å². The second-order valence-corrected chi connectivity index (χ2v) is 9.58. The first-order valence-electron chi connectivity index (χ1n) is 10.9. The largest absolute Gasteiger partial charge is 0.478 e. The molecular weight excluding hydrogens is 424 g/mol. The van der Waals surface area contributed by atoms with Crippen molar-refractivity contribution in [3.63, 3.8) is 0 Å². The molecule has 1 aliphatic rings. The zero-order chi connectivity index (χ0) is 23.0. The molecule has 2 aromatic heterocycles. The molecule has 32 heavy (non-hydrogen) atoms. The number of aromatic nitrogens is 2. The van der Waals surface area contributed by atoms with Crippen molar-refractivity contribution in [2.45, 2.75) is 33.6 Å². The SMILES string of the molecule is CCN/N=C(\N)c1ccc(OCCC(C)(C)CCN2CCN(c3ccnc(N)c3)S2)nc1. The summed E-state index contributed by atoms with van der Waals surface area (Å²) in [4.78, 5) is 8.41. The fourth-order valence-electron chi connectivity index (χ4n) is 3.17. The maximum absolute atomic E-state index is 5.91. The smallest absolute Gasteiger partial charge is 0.213 e. The van der Waals surface area contributed by atoms with Crippen molar-refractivity contribution in [3.8, 4) is 5.88 Å². The van der Waals surface area contributed by atoms with Gasteiger partial charge in [-0.15, -0.1) is 0 Å². The molecule has 1 fully saturated rings. The Morgan fingerprint density at radius 1 is 1.25 bits per heavy atom. The minimum atomic E-state index is 0.165. The summed E-state index contributed by atoms with van der Waals surface area (Å²) in [6.07, 6.45) is 5.47. The number of hydrazone groups is 1. The molecule has 0 atom stereocenters. The Labute approximate surface area is 194 Å². The fourth-order valence-corrected chi connectivity index (χ4v) is 4.16. The zero-order valence-corrected chi connectivity index (χ0v) is 19.9. The lowest BCUT2D eigenvalue weighted by Gasteiger charge is -2.27.